The molecule has 0 bridgehead atoms. The van der Waals surface area contributed by atoms with Crippen molar-refractivity contribution >= 4 is 0 Å². The van der Waals surface area contributed by atoms with E-state index in [1.807, 2.05) is 10.6 Å². The van der Waals surface area contributed by atoms with E-state index in [4.69, 9.17) is 5.73 Å². The maximum Gasteiger partial charge on any atom is 0.259 e. The Balaban J connectivity index is 2.31. The lowest BCUT2D eigenvalue weighted by molar-refractivity contribution is 0.702. The van der Waals surface area contributed by atoms with Crippen molar-refractivity contribution in [3.8, 4) is 5.69 Å². The lowest BCUT2D eigenvalue weighted by atomic mass is 10.0. The van der Waals surface area contributed by atoms with Crippen molar-refractivity contribution in [2.45, 2.75) is 52.5 Å². The van der Waals surface area contributed by atoms with Crippen LogP contribution in [0.5, 0.6) is 0 Å². The van der Waals surface area contributed by atoms with Crippen molar-refractivity contribution in [2.24, 2.45) is 5.73 Å². The molecule has 2 N–H and O–H groups in total. The van der Waals surface area contributed by atoms with Crippen LogP contribution in [0.25, 0.3) is 5.69 Å². The summed E-state index contributed by atoms with van der Waals surface area (Å²) >= 11 is 0. The van der Waals surface area contributed by atoms with E-state index in [9.17, 15) is 4.79 Å². The zero-order valence-corrected chi connectivity index (χ0v) is 13.5. The Morgan fingerprint density at radius 3 is 2.36 bits per heavy atom. The van der Waals surface area contributed by atoms with Crippen LogP contribution in [0.4, 0.5) is 0 Å². The third-order valence-electron chi connectivity index (χ3n) is 4.51. The Bertz CT molecular complexity index is 739. The minimum Gasteiger partial charge on any atom is -0.326 e. The first-order valence-corrected chi connectivity index (χ1v) is 8.15. The van der Waals surface area contributed by atoms with Crippen LogP contribution in [-0.4, -0.2) is 4.57 Å². The van der Waals surface area contributed by atoms with Gasteiger partial charge in [0.2, 0.25) is 0 Å². The molecule has 0 saturated heterocycles. The summed E-state index contributed by atoms with van der Waals surface area (Å²) in [6, 6.07) is 8.38. The largest absolute Gasteiger partial charge is 0.326 e. The van der Waals surface area contributed by atoms with E-state index < -0.39 is 0 Å². The van der Waals surface area contributed by atoms with E-state index in [1.165, 1.54) is 35.2 Å². The minimum atomic E-state index is 0.0492. The summed E-state index contributed by atoms with van der Waals surface area (Å²) in [6.45, 7) is 4.46. The molecule has 1 aromatic carbocycles. The molecule has 3 heteroatoms. The highest BCUT2D eigenvalue weighted by Crippen LogP contribution is 2.23. The fraction of sp³-hybridized carbons (Fsp3) is 0.421. The van der Waals surface area contributed by atoms with Gasteiger partial charge in [-0.2, -0.15) is 0 Å². The van der Waals surface area contributed by atoms with Crippen LogP contribution >= 0.6 is 0 Å². The summed E-state index contributed by atoms with van der Waals surface area (Å²) in [5.41, 5.74) is 12.4. The summed E-state index contributed by atoms with van der Waals surface area (Å²) in [7, 11) is 0. The molecule has 1 aliphatic carbocycles. The number of hydrogen-bond donors (Lipinski definition) is 1. The van der Waals surface area contributed by atoms with Gasteiger partial charge in [0.05, 0.1) is 0 Å². The highest BCUT2D eigenvalue weighted by molar-refractivity contribution is 5.44. The number of aromatic nitrogens is 1. The fourth-order valence-corrected chi connectivity index (χ4v) is 3.54. The highest BCUT2D eigenvalue weighted by atomic mass is 16.1. The van der Waals surface area contributed by atoms with E-state index >= 15 is 0 Å². The lowest BCUT2D eigenvalue weighted by Crippen LogP contribution is -2.28. The molecular weight excluding hydrogens is 272 g/mol. The van der Waals surface area contributed by atoms with Crippen LogP contribution in [0, 0.1) is 13.8 Å². The number of fused-ring (bicyclic) bond motifs is 1. The van der Waals surface area contributed by atoms with E-state index in [0.29, 0.717) is 6.54 Å². The maximum atomic E-state index is 12.9. The van der Waals surface area contributed by atoms with Gasteiger partial charge in [0, 0.05) is 23.5 Å². The molecule has 1 aromatic heterocycles. The maximum absolute atomic E-state index is 12.9. The first-order valence-electron chi connectivity index (χ1n) is 8.15. The van der Waals surface area contributed by atoms with Crippen LogP contribution in [0.1, 0.15) is 47.2 Å². The first kappa shape index (κ1) is 15.0. The van der Waals surface area contributed by atoms with Gasteiger partial charge in [-0.1, -0.05) is 12.5 Å². The monoisotopic (exact) mass is 296 g/mol. The Morgan fingerprint density at radius 1 is 1.00 bits per heavy atom. The van der Waals surface area contributed by atoms with Crippen molar-refractivity contribution in [1.82, 2.24) is 4.57 Å². The second kappa shape index (κ2) is 6.09. The van der Waals surface area contributed by atoms with Crippen molar-refractivity contribution in [1.29, 1.82) is 0 Å². The topological polar surface area (TPSA) is 48.0 Å². The standard InChI is InChI=1S/C19H24N2O/c1-13-8-14(2)10-17(9-13)21-18-7-5-3-4-6-15(18)11-16(12-20)19(21)22/h8-11H,3-7,12,20H2,1-2H3. The van der Waals surface area contributed by atoms with E-state index in [1.54, 1.807) is 0 Å². The second-order valence-electron chi connectivity index (χ2n) is 6.39. The van der Waals surface area contributed by atoms with Gasteiger partial charge in [-0.05, 0) is 74.4 Å². The average molecular weight is 296 g/mol. The zero-order chi connectivity index (χ0) is 15.7. The smallest absolute Gasteiger partial charge is 0.259 e. The highest BCUT2D eigenvalue weighted by Gasteiger charge is 2.17. The molecule has 0 aliphatic heterocycles. The van der Waals surface area contributed by atoms with Crippen molar-refractivity contribution in [3.05, 3.63) is 62.6 Å². The Labute approximate surface area is 131 Å². The third-order valence-corrected chi connectivity index (χ3v) is 4.51. The number of rotatable bonds is 2. The predicted octanol–water partition coefficient (Wildman–Crippen LogP) is 3.18. The van der Waals surface area contributed by atoms with Gasteiger partial charge in [-0.15, -0.1) is 0 Å². The zero-order valence-electron chi connectivity index (χ0n) is 13.5. The lowest BCUT2D eigenvalue weighted by Gasteiger charge is -2.18. The molecule has 3 rings (SSSR count). The summed E-state index contributed by atoms with van der Waals surface area (Å²) < 4.78 is 1.92. The summed E-state index contributed by atoms with van der Waals surface area (Å²) in [5.74, 6) is 0. The van der Waals surface area contributed by atoms with E-state index in [0.717, 1.165) is 30.5 Å². The molecule has 0 fully saturated rings. The first-order chi connectivity index (χ1) is 10.6. The molecule has 2 aromatic rings. The molecule has 0 spiro atoms. The quantitative estimate of drug-likeness (QED) is 0.865. The molecular formula is C19H24N2O. The number of hydrogen-bond acceptors (Lipinski definition) is 2. The average Bonchev–Trinajstić information content (AvgIpc) is 2.70. The normalized spacial score (nSPS) is 14.5. The van der Waals surface area contributed by atoms with Gasteiger partial charge in [-0.3, -0.25) is 9.36 Å². The van der Waals surface area contributed by atoms with Gasteiger partial charge in [0.25, 0.3) is 5.56 Å². The molecule has 0 amide bonds. The number of nitrogens with two attached hydrogens (primary N) is 1. The van der Waals surface area contributed by atoms with Crippen molar-refractivity contribution in [2.75, 3.05) is 0 Å². The van der Waals surface area contributed by atoms with E-state index in [2.05, 4.69) is 32.0 Å². The van der Waals surface area contributed by atoms with Crippen LogP contribution in [-0.2, 0) is 19.4 Å². The Morgan fingerprint density at radius 2 is 1.68 bits per heavy atom. The van der Waals surface area contributed by atoms with Crippen LogP contribution < -0.4 is 11.3 Å². The van der Waals surface area contributed by atoms with Crippen LogP contribution in [0.3, 0.4) is 0 Å². The number of aryl methyl sites for hydroxylation is 3. The van der Waals surface area contributed by atoms with Crippen molar-refractivity contribution < 1.29 is 0 Å². The van der Waals surface area contributed by atoms with Crippen LogP contribution in [0.2, 0.25) is 0 Å². The molecule has 0 atom stereocenters. The third kappa shape index (κ3) is 2.73. The minimum absolute atomic E-state index is 0.0492. The Hall–Kier alpha value is -1.87. The molecule has 1 heterocycles. The van der Waals surface area contributed by atoms with Crippen molar-refractivity contribution in [3.63, 3.8) is 0 Å². The number of nitrogens with zero attached hydrogens (tertiary/aromatic N) is 1. The van der Waals surface area contributed by atoms with Gasteiger partial charge in [-0.25, -0.2) is 0 Å². The van der Waals surface area contributed by atoms with E-state index in [-0.39, 0.29) is 5.56 Å². The van der Waals surface area contributed by atoms with Crippen LogP contribution in [0.15, 0.2) is 29.1 Å². The van der Waals surface area contributed by atoms with Gasteiger partial charge in [0.1, 0.15) is 0 Å². The fourth-order valence-electron chi connectivity index (χ4n) is 3.54. The predicted molar refractivity (Wildman–Crippen MR) is 90.7 cm³/mol. The van der Waals surface area contributed by atoms with Gasteiger partial charge in [0.15, 0.2) is 0 Å². The summed E-state index contributed by atoms with van der Waals surface area (Å²) in [4.78, 5) is 12.9. The van der Waals surface area contributed by atoms with Gasteiger partial charge < -0.3 is 5.73 Å². The molecule has 22 heavy (non-hydrogen) atoms. The Kier molecular flexibility index (Phi) is 4.16. The summed E-state index contributed by atoms with van der Waals surface area (Å²) in [6.07, 6.45) is 5.60. The molecule has 1 aliphatic rings. The summed E-state index contributed by atoms with van der Waals surface area (Å²) in [5, 5.41) is 0. The van der Waals surface area contributed by atoms with Gasteiger partial charge >= 0.3 is 0 Å². The SMILES string of the molecule is Cc1cc(C)cc(-n2c3c(cc(CN)c2=O)CCCCC3)c1. The molecule has 3 nitrogen and oxygen atoms in total. The number of benzene rings is 1. The molecule has 0 radical (unpaired) electrons. The molecule has 0 unspecified atom stereocenters. The molecule has 0 saturated carbocycles. The molecule has 116 valence electrons. The second-order valence-corrected chi connectivity index (χ2v) is 6.39. The number of pyridine rings is 1.